The number of anilines is 1. The summed E-state index contributed by atoms with van der Waals surface area (Å²) in [6.45, 7) is 4.96. The van der Waals surface area contributed by atoms with Gasteiger partial charge in [0.15, 0.2) is 0 Å². The number of esters is 1. The quantitative estimate of drug-likeness (QED) is 0.489. The molecule has 0 saturated carbocycles. The molecule has 1 aliphatic heterocycles. The summed E-state index contributed by atoms with van der Waals surface area (Å²) in [6.07, 6.45) is 3.57. The maximum absolute atomic E-state index is 12.5. The summed E-state index contributed by atoms with van der Waals surface area (Å²) in [7, 11) is 1.40. The van der Waals surface area contributed by atoms with E-state index in [4.69, 9.17) is 9.47 Å². The number of imidazole rings is 1. The Bertz CT molecular complexity index is 1250. The number of aryl methyl sites for hydroxylation is 1. The molecule has 5 rings (SSSR count). The van der Waals surface area contributed by atoms with Gasteiger partial charge in [-0.15, -0.1) is 0 Å². The molecule has 1 fully saturated rings. The highest BCUT2D eigenvalue weighted by Crippen LogP contribution is 2.31. The van der Waals surface area contributed by atoms with Crippen LogP contribution in [0.2, 0.25) is 0 Å². The van der Waals surface area contributed by atoms with E-state index in [1.807, 2.05) is 28.8 Å². The third kappa shape index (κ3) is 2.98. The standard InChI is InChI=1S/C23H22N4O3/c1-15-4-3-5-18-21(15)19(6-7-24-18)27-14-25-22-17(23(28)29-2)12-16(13-20(22)27)26-8-10-30-11-9-26/h3-7,12-14H,8-11H2,1-2H3. The number of pyridine rings is 1. The van der Waals surface area contributed by atoms with Crippen LogP contribution in [0.3, 0.4) is 0 Å². The van der Waals surface area contributed by atoms with Crippen molar-refractivity contribution in [3.63, 3.8) is 0 Å². The molecular weight excluding hydrogens is 380 g/mol. The summed E-state index contributed by atoms with van der Waals surface area (Å²) in [5.41, 5.74) is 5.94. The van der Waals surface area contributed by atoms with E-state index in [1.165, 1.54) is 7.11 Å². The lowest BCUT2D eigenvalue weighted by molar-refractivity contribution is 0.0603. The number of benzene rings is 2. The highest BCUT2D eigenvalue weighted by Gasteiger charge is 2.21. The molecule has 1 aliphatic rings. The number of methoxy groups -OCH3 is 1. The molecule has 0 N–H and O–H groups in total. The van der Waals surface area contributed by atoms with Gasteiger partial charge >= 0.3 is 5.97 Å². The summed E-state index contributed by atoms with van der Waals surface area (Å²) in [5.74, 6) is -0.392. The molecule has 7 nitrogen and oxygen atoms in total. The zero-order valence-corrected chi connectivity index (χ0v) is 17.0. The van der Waals surface area contributed by atoms with E-state index >= 15 is 0 Å². The average Bonchev–Trinajstić information content (AvgIpc) is 3.22. The highest BCUT2D eigenvalue weighted by molar-refractivity contribution is 6.04. The molecule has 0 radical (unpaired) electrons. The van der Waals surface area contributed by atoms with E-state index in [2.05, 4.69) is 33.9 Å². The summed E-state index contributed by atoms with van der Waals surface area (Å²) in [6, 6.07) is 12.0. The zero-order valence-electron chi connectivity index (χ0n) is 17.0. The van der Waals surface area contributed by atoms with Crippen molar-refractivity contribution in [2.24, 2.45) is 0 Å². The first-order valence-electron chi connectivity index (χ1n) is 9.94. The van der Waals surface area contributed by atoms with Gasteiger partial charge in [0, 0.05) is 30.4 Å². The predicted octanol–water partition coefficient (Wildman–Crippen LogP) is 3.51. The van der Waals surface area contributed by atoms with Crippen molar-refractivity contribution in [2.45, 2.75) is 6.92 Å². The monoisotopic (exact) mass is 402 g/mol. The fourth-order valence-electron chi connectivity index (χ4n) is 4.13. The number of carbonyl (C=O) groups is 1. The van der Waals surface area contributed by atoms with Gasteiger partial charge in [-0.25, -0.2) is 9.78 Å². The first-order valence-corrected chi connectivity index (χ1v) is 9.94. The molecule has 3 heterocycles. The first kappa shape index (κ1) is 18.6. The molecule has 0 aliphatic carbocycles. The van der Waals surface area contributed by atoms with Crippen LogP contribution in [-0.2, 0) is 9.47 Å². The van der Waals surface area contributed by atoms with Gasteiger partial charge in [-0.2, -0.15) is 0 Å². The minimum Gasteiger partial charge on any atom is -0.465 e. The molecule has 2 aromatic heterocycles. The second-order valence-electron chi connectivity index (χ2n) is 7.37. The summed E-state index contributed by atoms with van der Waals surface area (Å²) >= 11 is 0. The number of morpholine rings is 1. The summed E-state index contributed by atoms with van der Waals surface area (Å²) < 4.78 is 12.6. The van der Waals surface area contributed by atoms with Gasteiger partial charge in [-0.05, 0) is 36.8 Å². The molecule has 1 saturated heterocycles. The lowest BCUT2D eigenvalue weighted by Gasteiger charge is -2.29. The molecule has 0 bridgehead atoms. The molecule has 0 spiro atoms. The van der Waals surface area contributed by atoms with Gasteiger partial charge < -0.3 is 14.4 Å². The number of fused-ring (bicyclic) bond motifs is 2. The van der Waals surface area contributed by atoms with Crippen molar-refractivity contribution in [1.29, 1.82) is 0 Å². The largest absolute Gasteiger partial charge is 0.465 e. The fourth-order valence-corrected chi connectivity index (χ4v) is 4.13. The number of rotatable bonds is 3. The second-order valence-corrected chi connectivity index (χ2v) is 7.37. The normalized spacial score (nSPS) is 14.4. The number of hydrogen-bond acceptors (Lipinski definition) is 6. The van der Waals surface area contributed by atoms with E-state index in [0.717, 1.165) is 46.4 Å². The second kappa shape index (κ2) is 7.42. The molecule has 7 heteroatoms. The fraction of sp³-hybridized carbons (Fsp3) is 0.261. The van der Waals surface area contributed by atoms with Crippen molar-refractivity contribution in [3.05, 3.63) is 60.0 Å². The van der Waals surface area contributed by atoms with E-state index in [0.29, 0.717) is 24.3 Å². The Morgan fingerprint density at radius 2 is 1.97 bits per heavy atom. The van der Waals surface area contributed by atoms with Crippen molar-refractivity contribution >= 4 is 33.6 Å². The van der Waals surface area contributed by atoms with Crippen LogP contribution in [0, 0.1) is 6.92 Å². The number of hydrogen-bond donors (Lipinski definition) is 0. The van der Waals surface area contributed by atoms with Crippen molar-refractivity contribution in [3.8, 4) is 5.69 Å². The van der Waals surface area contributed by atoms with Gasteiger partial charge in [0.2, 0.25) is 0 Å². The molecule has 152 valence electrons. The Hall–Kier alpha value is -3.45. The maximum atomic E-state index is 12.5. The Labute approximate surface area is 173 Å². The van der Waals surface area contributed by atoms with Crippen LogP contribution in [0.5, 0.6) is 0 Å². The first-order chi connectivity index (χ1) is 14.7. The Morgan fingerprint density at radius 3 is 2.77 bits per heavy atom. The Morgan fingerprint density at radius 1 is 1.13 bits per heavy atom. The maximum Gasteiger partial charge on any atom is 0.340 e. The lowest BCUT2D eigenvalue weighted by Crippen LogP contribution is -2.36. The van der Waals surface area contributed by atoms with Crippen LogP contribution < -0.4 is 4.90 Å². The third-order valence-corrected chi connectivity index (χ3v) is 5.63. The van der Waals surface area contributed by atoms with Crippen LogP contribution in [0.4, 0.5) is 5.69 Å². The Balaban J connectivity index is 1.77. The van der Waals surface area contributed by atoms with E-state index in [9.17, 15) is 4.79 Å². The summed E-state index contributed by atoms with van der Waals surface area (Å²) in [4.78, 5) is 23.9. The van der Waals surface area contributed by atoms with Gasteiger partial charge in [0.05, 0.1) is 42.6 Å². The molecular formula is C23H22N4O3. The minimum atomic E-state index is -0.392. The molecule has 2 aromatic carbocycles. The molecule has 0 unspecified atom stereocenters. The van der Waals surface area contributed by atoms with Crippen molar-refractivity contribution in [1.82, 2.24) is 14.5 Å². The predicted molar refractivity (Wildman–Crippen MR) is 115 cm³/mol. The van der Waals surface area contributed by atoms with E-state index < -0.39 is 5.97 Å². The van der Waals surface area contributed by atoms with Crippen molar-refractivity contribution < 1.29 is 14.3 Å². The molecule has 30 heavy (non-hydrogen) atoms. The number of ether oxygens (including phenoxy) is 2. The number of nitrogens with zero attached hydrogens (tertiary/aromatic N) is 4. The van der Waals surface area contributed by atoms with Gasteiger partial charge in [0.25, 0.3) is 0 Å². The number of aromatic nitrogens is 3. The topological polar surface area (TPSA) is 69.5 Å². The van der Waals surface area contributed by atoms with Crippen LogP contribution in [0.15, 0.2) is 48.9 Å². The van der Waals surface area contributed by atoms with Crippen LogP contribution >= 0.6 is 0 Å². The van der Waals surface area contributed by atoms with Gasteiger partial charge in [0.1, 0.15) is 11.8 Å². The summed E-state index contributed by atoms with van der Waals surface area (Å²) in [5, 5.41) is 1.07. The van der Waals surface area contributed by atoms with Gasteiger partial charge in [-0.3, -0.25) is 9.55 Å². The molecule has 0 amide bonds. The SMILES string of the molecule is COC(=O)c1cc(N2CCOCC2)cc2c1ncn2-c1ccnc2cccc(C)c12. The Kier molecular flexibility index (Phi) is 4.59. The van der Waals surface area contributed by atoms with Crippen molar-refractivity contribution in [2.75, 3.05) is 38.3 Å². The van der Waals surface area contributed by atoms with Crippen LogP contribution in [-0.4, -0.2) is 53.9 Å². The molecule has 0 atom stereocenters. The van der Waals surface area contributed by atoms with Gasteiger partial charge in [-0.1, -0.05) is 12.1 Å². The number of carbonyl (C=O) groups excluding carboxylic acids is 1. The van der Waals surface area contributed by atoms with E-state index in [-0.39, 0.29) is 0 Å². The lowest BCUT2D eigenvalue weighted by atomic mass is 10.1. The minimum absolute atomic E-state index is 0.392. The van der Waals surface area contributed by atoms with Crippen LogP contribution in [0.25, 0.3) is 27.6 Å². The smallest absolute Gasteiger partial charge is 0.340 e. The average molecular weight is 402 g/mol. The van der Waals surface area contributed by atoms with E-state index in [1.54, 1.807) is 12.5 Å². The van der Waals surface area contributed by atoms with Crippen LogP contribution in [0.1, 0.15) is 15.9 Å². The zero-order chi connectivity index (χ0) is 20.7. The molecule has 4 aromatic rings. The highest BCUT2D eigenvalue weighted by atomic mass is 16.5. The third-order valence-electron chi connectivity index (χ3n) is 5.63.